The number of nitriles is 1. The predicted molar refractivity (Wildman–Crippen MR) is 64.8 cm³/mol. The highest BCUT2D eigenvalue weighted by molar-refractivity contribution is 7.99. The standard InChI is InChI=1S/C9H10N8S/c1-17-9(14-15-16-17)18-5-4-13-8-7(6-10)11-2-3-12-8/h2-3H,4-5H2,1H3,(H,12,13). The van der Waals surface area contributed by atoms with Gasteiger partial charge in [-0.1, -0.05) is 11.8 Å². The molecule has 2 heterocycles. The molecule has 0 atom stereocenters. The average Bonchev–Trinajstić information content (AvgIpc) is 2.81. The summed E-state index contributed by atoms with van der Waals surface area (Å²) in [5.41, 5.74) is 0.294. The first-order valence-electron chi connectivity index (χ1n) is 5.11. The minimum Gasteiger partial charge on any atom is -0.367 e. The van der Waals surface area contributed by atoms with E-state index in [9.17, 15) is 0 Å². The van der Waals surface area contributed by atoms with Crippen LogP contribution in [0.25, 0.3) is 0 Å². The zero-order chi connectivity index (χ0) is 12.8. The van der Waals surface area contributed by atoms with Crippen LogP contribution in [-0.2, 0) is 7.05 Å². The SMILES string of the molecule is Cn1nnnc1SCCNc1nccnc1C#N. The molecular formula is C9H10N8S. The zero-order valence-electron chi connectivity index (χ0n) is 9.61. The molecule has 0 spiro atoms. The van der Waals surface area contributed by atoms with Gasteiger partial charge in [0.1, 0.15) is 6.07 Å². The molecule has 0 fully saturated rings. The Morgan fingerprint density at radius 3 is 3.00 bits per heavy atom. The Balaban J connectivity index is 1.82. The average molecular weight is 262 g/mol. The number of hydrogen-bond acceptors (Lipinski definition) is 8. The number of nitrogens with zero attached hydrogens (tertiary/aromatic N) is 7. The van der Waals surface area contributed by atoms with Crippen LogP contribution < -0.4 is 5.32 Å². The minimum absolute atomic E-state index is 0.294. The number of nitrogens with one attached hydrogen (secondary N) is 1. The van der Waals surface area contributed by atoms with Gasteiger partial charge < -0.3 is 5.32 Å². The molecule has 0 amide bonds. The Hall–Kier alpha value is -2.21. The predicted octanol–water partition coefficient (Wildman–Crippen LogP) is 0.0760. The fraction of sp³-hybridized carbons (Fsp3) is 0.333. The summed E-state index contributed by atoms with van der Waals surface area (Å²) in [5.74, 6) is 1.26. The fourth-order valence-electron chi connectivity index (χ4n) is 1.20. The van der Waals surface area contributed by atoms with Gasteiger partial charge in [-0.2, -0.15) is 5.26 Å². The highest BCUT2D eigenvalue weighted by atomic mass is 32.2. The van der Waals surface area contributed by atoms with E-state index in [-0.39, 0.29) is 0 Å². The van der Waals surface area contributed by atoms with Gasteiger partial charge in [0.05, 0.1) is 0 Å². The molecule has 0 aliphatic rings. The second-order valence-corrected chi connectivity index (χ2v) is 4.29. The Kier molecular flexibility index (Phi) is 4.03. The van der Waals surface area contributed by atoms with Crippen molar-refractivity contribution >= 4 is 17.6 Å². The van der Waals surface area contributed by atoms with Crippen molar-refractivity contribution in [3.8, 4) is 6.07 Å². The molecule has 18 heavy (non-hydrogen) atoms. The van der Waals surface area contributed by atoms with E-state index in [1.807, 2.05) is 6.07 Å². The van der Waals surface area contributed by atoms with E-state index in [1.54, 1.807) is 17.9 Å². The van der Waals surface area contributed by atoms with Crippen LogP contribution in [-0.4, -0.2) is 42.5 Å². The van der Waals surface area contributed by atoms with Gasteiger partial charge in [0.15, 0.2) is 11.5 Å². The highest BCUT2D eigenvalue weighted by Gasteiger charge is 2.04. The maximum Gasteiger partial charge on any atom is 0.209 e. The van der Waals surface area contributed by atoms with Gasteiger partial charge in [0.25, 0.3) is 0 Å². The smallest absolute Gasteiger partial charge is 0.209 e. The molecule has 0 aromatic carbocycles. The lowest BCUT2D eigenvalue weighted by Gasteiger charge is -2.05. The molecule has 2 aromatic rings. The van der Waals surface area contributed by atoms with Crippen molar-refractivity contribution in [1.29, 1.82) is 5.26 Å². The van der Waals surface area contributed by atoms with Crippen molar-refractivity contribution in [2.45, 2.75) is 5.16 Å². The number of thioether (sulfide) groups is 1. The van der Waals surface area contributed by atoms with Crippen LogP contribution in [0, 0.1) is 11.3 Å². The lowest BCUT2D eigenvalue weighted by molar-refractivity contribution is 0.664. The van der Waals surface area contributed by atoms with Crippen molar-refractivity contribution in [2.75, 3.05) is 17.6 Å². The molecule has 0 bridgehead atoms. The highest BCUT2D eigenvalue weighted by Crippen LogP contribution is 2.12. The van der Waals surface area contributed by atoms with Crippen LogP contribution in [0.15, 0.2) is 17.6 Å². The van der Waals surface area contributed by atoms with Crippen molar-refractivity contribution in [3.63, 3.8) is 0 Å². The van der Waals surface area contributed by atoms with Crippen molar-refractivity contribution in [3.05, 3.63) is 18.1 Å². The number of anilines is 1. The van der Waals surface area contributed by atoms with Gasteiger partial charge in [0.2, 0.25) is 5.16 Å². The molecule has 2 aromatic heterocycles. The summed E-state index contributed by atoms with van der Waals surface area (Å²) < 4.78 is 1.60. The topological polar surface area (TPSA) is 105 Å². The molecular weight excluding hydrogens is 252 g/mol. The van der Waals surface area contributed by atoms with E-state index in [4.69, 9.17) is 5.26 Å². The fourth-order valence-corrected chi connectivity index (χ4v) is 1.91. The molecule has 0 saturated carbocycles. The summed E-state index contributed by atoms with van der Waals surface area (Å²) in [4.78, 5) is 7.96. The Labute approximate surface area is 107 Å². The molecule has 8 nitrogen and oxygen atoms in total. The summed E-state index contributed by atoms with van der Waals surface area (Å²) >= 11 is 1.52. The van der Waals surface area contributed by atoms with Crippen LogP contribution in [0.2, 0.25) is 0 Å². The van der Waals surface area contributed by atoms with Gasteiger partial charge in [0, 0.05) is 31.7 Å². The summed E-state index contributed by atoms with van der Waals surface area (Å²) in [6, 6.07) is 1.98. The second-order valence-electron chi connectivity index (χ2n) is 3.23. The van der Waals surface area contributed by atoms with Crippen LogP contribution in [0.1, 0.15) is 5.69 Å². The molecule has 9 heteroatoms. The maximum atomic E-state index is 8.83. The van der Waals surface area contributed by atoms with Crippen molar-refractivity contribution < 1.29 is 0 Å². The number of aromatic nitrogens is 6. The van der Waals surface area contributed by atoms with Crippen LogP contribution in [0.5, 0.6) is 0 Å². The Morgan fingerprint density at radius 2 is 2.28 bits per heavy atom. The van der Waals surface area contributed by atoms with Crippen LogP contribution in [0.4, 0.5) is 5.82 Å². The third kappa shape index (κ3) is 2.92. The van der Waals surface area contributed by atoms with Crippen molar-refractivity contribution in [1.82, 2.24) is 30.2 Å². The van der Waals surface area contributed by atoms with E-state index in [2.05, 4.69) is 30.8 Å². The lowest BCUT2D eigenvalue weighted by Crippen LogP contribution is -2.08. The Bertz CT molecular complexity index is 560. The van der Waals surface area contributed by atoms with Gasteiger partial charge in [-0.25, -0.2) is 14.6 Å². The maximum absolute atomic E-state index is 8.83. The first kappa shape index (κ1) is 12.3. The zero-order valence-corrected chi connectivity index (χ0v) is 10.4. The van der Waals surface area contributed by atoms with Crippen molar-refractivity contribution in [2.24, 2.45) is 7.05 Å². The molecule has 1 N–H and O–H groups in total. The third-order valence-corrected chi connectivity index (χ3v) is 3.02. The normalized spacial score (nSPS) is 10.0. The molecule has 0 aliphatic heterocycles. The third-order valence-electron chi connectivity index (χ3n) is 2.01. The molecule has 0 unspecified atom stereocenters. The molecule has 92 valence electrons. The summed E-state index contributed by atoms with van der Waals surface area (Å²) in [7, 11) is 1.78. The van der Waals surface area contributed by atoms with E-state index in [0.717, 1.165) is 10.9 Å². The number of hydrogen-bond donors (Lipinski definition) is 1. The summed E-state index contributed by atoms with van der Waals surface area (Å²) in [5, 5.41) is 23.8. The number of rotatable bonds is 5. The number of tetrazole rings is 1. The molecule has 0 radical (unpaired) electrons. The van der Waals surface area contributed by atoms with Crippen LogP contribution in [0.3, 0.4) is 0 Å². The lowest BCUT2D eigenvalue weighted by atomic mass is 10.4. The van der Waals surface area contributed by atoms with E-state index >= 15 is 0 Å². The van der Waals surface area contributed by atoms with E-state index in [0.29, 0.717) is 18.1 Å². The number of aryl methyl sites for hydroxylation is 1. The molecule has 2 rings (SSSR count). The summed E-state index contributed by atoms with van der Waals surface area (Å²) in [6.07, 6.45) is 3.03. The summed E-state index contributed by atoms with van der Waals surface area (Å²) in [6.45, 7) is 0.644. The van der Waals surface area contributed by atoms with Gasteiger partial charge >= 0.3 is 0 Å². The van der Waals surface area contributed by atoms with E-state index in [1.165, 1.54) is 18.0 Å². The first-order valence-corrected chi connectivity index (χ1v) is 6.10. The first-order chi connectivity index (χ1) is 8.81. The minimum atomic E-state index is 0.294. The monoisotopic (exact) mass is 262 g/mol. The van der Waals surface area contributed by atoms with Gasteiger partial charge in [-0.3, -0.25) is 0 Å². The van der Waals surface area contributed by atoms with E-state index < -0.39 is 0 Å². The molecule has 0 saturated heterocycles. The quantitative estimate of drug-likeness (QED) is 0.596. The second kappa shape index (κ2) is 5.92. The van der Waals surface area contributed by atoms with Gasteiger partial charge in [-0.05, 0) is 10.4 Å². The van der Waals surface area contributed by atoms with Gasteiger partial charge in [-0.15, -0.1) is 5.10 Å². The molecule has 0 aliphatic carbocycles. The largest absolute Gasteiger partial charge is 0.367 e. The van der Waals surface area contributed by atoms with Crippen LogP contribution >= 0.6 is 11.8 Å². The Morgan fingerprint density at radius 1 is 1.44 bits per heavy atom.